The predicted molar refractivity (Wildman–Crippen MR) is 126 cm³/mol. The topological polar surface area (TPSA) is 108 Å². The van der Waals surface area contributed by atoms with Crippen molar-refractivity contribution in [3.05, 3.63) is 34.3 Å². The Morgan fingerprint density at radius 1 is 0.909 bits per heavy atom. The Morgan fingerprint density at radius 3 is 2.00 bits per heavy atom. The third-order valence-corrected chi connectivity index (χ3v) is 4.87. The minimum atomic E-state index is -1.44. The zero-order valence-corrected chi connectivity index (χ0v) is 20.4. The summed E-state index contributed by atoms with van der Waals surface area (Å²) in [6.45, 7) is 5.66. The number of Topliss-reactive ketones (excluding diaryl/α,β-unsaturated/α-hetero) is 1. The van der Waals surface area contributed by atoms with E-state index in [0.29, 0.717) is 36.2 Å². The minimum absolute atomic E-state index is 0.200. The summed E-state index contributed by atoms with van der Waals surface area (Å²) in [5, 5.41) is 10.9. The Balaban J connectivity index is 2.31. The van der Waals surface area contributed by atoms with Crippen molar-refractivity contribution >= 4 is 46.3 Å². The molecule has 0 aromatic heterocycles. The van der Waals surface area contributed by atoms with Crippen LogP contribution in [-0.4, -0.2) is 45.2 Å². The highest BCUT2D eigenvalue weighted by Crippen LogP contribution is 2.38. The SMILES string of the molecule is CCOc1cc(Cl)c(NC(=O)C(N=Nc2cc(OC)c(OC)cc2Cl)C(C)=O)cc1OCC. The Bertz CT molecular complexity index is 1050. The number of hydrogen-bond acceptors (Lipinski definition) is 8. The lowest BCUT2D eigenvalue weighted by Crippen LogP contribution is -2.32. The highest BCUT2D eigenvalue weighted by Gasteiger charge is 2.25. The summed E-state index contributed by atoms with van der Waals surface area (Å²) in [5.41, 5.74) is 0.435. The van der Waals surface area contributed by atoms with Crippen molar-refractivity contribution in [1.82, 2.24) is 0 Å². The predicted octanol–water partition coefficient (Wildman–Crippen LogP) is 5.49. The largest absolute Gasteiger partial charge is 0.493 e. The van der Waals surface area contributed by atoms with E-state index in [-0.39, 0.29) is 21.4 Å². The van der Waals surface area contributed by atoms with E-state index >= 15 is 0 Å². The van der Waals surface area contributed by atoms with E-state index in [4.69, 9.17) is 42.1 Å². The summed E-state index contributed by atoms with van der Waals surface area (Å²) in [4.78, 5) is 25.0. The van der Waals surface area contributed by atoms with Gasteiger partial charge in [0.2, 0.25) is 6.04 Å². The van der Waals surface area contributed by atoms with Crippen LogP contribution in [0.1, 0.15) is 20.8 Å². The summed E-state index contributed by atoms with van der Waals surface area (Å²) >= 11 is 12.5. The molecule has 1 N–H and O–H groups in total. The molecule has 0 fully saturated rings. The molecule has 0 radical (unpaired) electrons. The molecule has 2 rings (SSSR count). The normalized spacial score (nSPS) is 11.7. The molecule has 0 aliphatic heterocycles. The van der Waals surface area contributed by atoms with Crippen LogP contribution >= 0.6 is 23.2 Å². The lowest BCUT2D eigenvalue weighted by molar-refractivity contribution is -0.126. The van der Waals surface area contributed by atoms with Gasteiger partial charge in [0.1, 0.15) is 5.69 Å². The fourth-order valence-electron chi connectivity index (χ4n) is 2.73. The van der Waals surface area contributed by atoms with Gasteiger partial charge in [-0.3, -0.25) is 9.59 Å². The molecule has 9 nitrogen and oxygen atoms in total. The Kier molecular flexibility index (Phi) is 9.74. The molecule has 178 valence electrons. The molecule has 11 heteroatoms. The maximum Gasteiger partial charge on any atom is 0.258 e. The van der Waals surface area contributed by atoms with Crippen LogP contribution in [0.25, 0.3) is 0 Å². The number of halogens is 2. The molecule has 33 heavy (non-hydrogen) atoms. The first-order chi connectivity index (χ1) is 15.7. The van der Waals surface area contributed by atoms with Crippen LogP contribution in [0, 0.1) is 0 Å². The molecule has 0 aliphatic carbocycles. The standard InChI is InChI=1S/C22H25Cl2N3O6/c1-6-32-19-9-13(23)15(10-20(19)33-7-2)25-22(29)21(12(3)28)27-26-16-11-18(31-5)17(30-4)8-14(16)24/h8-11,21H,6-7H2,1-5H3,(H,25,29). The van der Waals surface area contributed by atoms with E-state index in [2.05, 4.69) is 15.5 Å². The number of anilines is 1. The fraction of sp³-hybridized carbons (Fsp3) is 0.364. The number of ketones is 1. The van der Waals surface area contributed by atoms with Crippen molar-refractivity contribution in [3.8, 4) is 23.0 Å². The molecule has 1 atom stereocenters. The van der Waals surface area contributed by atoms with Crippen molar-refractivity contribution in [2.75, 3.05) is 32.8 Å². The monoisotopic (exact) mass is 497 g/mol. The van der Waals surface area contributed by atoms with Crippen molar-refractivity contribution < 1.29 is 28.5 Å². The zero-order chi connectivity index (χ0) is 24.5. The molecule has 2 aromatic carbocycles. The summed E-state index contributed by atoms with van der Waals surface area (Å²) in [7, 11) is 2.92. The lowest BCUT2D eigenvalue weighted by Gasteiger charge is -2.15. The number of methoxy groups -OCH3 is 2. The van der Waals surface area contributed by atoms with Gasteiger partial charge in [-0.05, 0) is 20.8 Å². The first-order valence-corrected chi connectivity index (χ1v) is 10.7. The first kappa shape index (κ1) is 26.2. The second-order valence-electron chi connectivity index (χ2n) is 6.52. The number of azo groups is 1. The summed E-state index contributed by atoms with van der Waals surface area (Å²) in [6, 6.07) is 4.59. The minimum Gasteiger partial charge on any atom is -0.493 e. The van der Waals surface area contributed by atoms with Gasteiger partial charge < -0.3 is 24.3 Å². The first-order valence-electron chi connectivity index (χ1n) is 9.98. The fourth-order valence-corrected chi connectivity index (χ4v) is 3.12. The zero-order valence-electron chi connectivity index (χ0n) is 18.9. The highest BCUT2D eigenvalue weighted by atomic mass is 35.5. The van der Waals surface area contributed by atoms with Gasteiger partial charge in [0, 0.05) is 24.3 Å². The average Bonchev–Trinajstić information content (AvgIpc) is 2.77. The lowest BCUT2D eigenvalue weighted by atomic mass is 10.2. The number of hydrogen-bond donors (Lipinski definition) is 1. The van der Waals surface area contributed by atoms with Crippen LogP contribution in [0.3, 0.4) is 0 Å². The van der Waals surface area contributed by atoms with Gasteiger partial charge in [-0.2, -0.15) is 10.2 Å². The van der Waals surface area contributed by atoms with Crippen LogP contribution < -0.4 is 24.3 Å². The molecule has 1 amide bonds. The van der Waals surface area contributed by atoms with Gasteiger partial charge in [-0.25, -0.2) is 0 Å². The van der Waals surface area contributed by atoms with Gasteiger partial charge in [0.15, 0.2) is 28.8 Å². The summed E-state index contributed by atoms with van der Waals surface area (Å²) < 4.78 is 21.4. The Hall–Kier alpha value is -3.04. The molecule has 0 bridgehead atoms. The molecule has 0 aliphatic rings. The number of nitrogens with zero attached hydrogens (tertiary/aromatic N) is 2. The van der Waals surface area contributed by atoms with E-state index in [0.717, 1.165) is 0 Å². The number of carbonyl (C=O) groups excluding carboxylic acids is 2. The van der Waals surface area contributed by atoms with Gasteiger partial charge in [0.25, 0.3) is 5.91 Å². The Labute approximate surface area is 202 Å². The quantitative estimate of drug-likeness (QED) is 0.324. The third-order valence-electron chi connectivity index (χ3n) is 4.26. The molecular weight excluding hydrogens is 473 g/mol. The molecule has 0 heterocycles. The molecular formula is C22H25Cl2N3O6. The van der Waals surface area contributed by atoms with Crippen molar-refractivity contribution in [2.24, 2.45) is 10.2 Å². The average molecular weight is 498 g/mol. The van der Waals surface area contributed by atoms with Gasteiger partial charge >= 0.3 is 0 Å². The highest BCUT2D eigenvalue weighted by molar-refractivity contribution is 6.34. The second-order valence-corrected chi connectivity index (χ2v) is 7.34. The summed E-state index contributed by atoms with van der Waals surface area (Å²) in [5.74, 6) is 0.351. The maximum atomic E-state index is 12.8. The van der Waals surface area contributed by atoms with Gasteiger partial charge in [0.05, 0.1) is 43.2 Å². The van der Waals surface area contributed by atoms with E-state index in [1.807, 2.05) is 13.8 Å². The Morgan fingerprint density at radius 2 is 1.45 bits per heavy atom. The van der Waals surface area contributed by atoms with E-state index in [1.165, 1.54) is 45.4 Å². The van der Waals surface area contributed by atoms with Crippen molar-refractivity contribution in [3.63, 3.8) is 0 Å². The van der Waals surface area contributed by atoms with Crippen LogP contribution in [0.4, 0.5) is 11.4 Å². The number of amides is 1. The maximum absolute atomic E-state index is 12.8. The molecule has 0 saturated heterocycles. The van der Waals surface area contributed by atoms with Gasteiger partial charge in [-0.1, -0.05) is 23.2 Å². The third kappa shape index (κ3) is 6.72. The summed E-state index contributed by atoms with van der Waals surface area (Å²) in [6.07, 6.45) is 0. The van der Waals surface area contributed by atoms with Crippen molar-refractivity contribution in [1.29, 1.82) is 0 Å². The number of carbonyl (C=O) groups is 2. The second kappa shape index (κ2) is 12.3. The van der Waals surface area contributed by atoms with Crippen LogP contribution in [-0.2, 0) is 9.59 Å². The number of ether oxygens (including phenoxy) is 4. The van der Waals surface area contributed by atoms with Crippen LogP contribution in [0.5, 0.6) is 23.0 Å². The van der Waals surface area contributed by atoms with E-state index in [1.54, 1.807) is 0 Å². The smallest absolute Gasteiger partial charge is 0.258 e. The van der Waals surface area contributed by atoms with Crippen molar-refractivity contribution in [2.45, 2.75) is 26.8 Å². The molecule has 0 spiro atoms. The van der Waals surface area contributed by atoms with E-state index in [9.17, 15) is 9.59 Å². The number of benzene rings is 2. The number of rotatable bonds is 11. The van der Waals surface area contributed by atoms with Crippen LogP contribution in [0.2, 0.25) is 10.0 Å². The number of nitrogens with one attached hydrogen (secondary N) is 1. The molecule has 1 unspecified atom stereocenters. The van der Waals surface area contributed by atoms with Gasteiger partial charge in [-0.15, -0.1) is 0 Å². The van der Waals surface area contributed by atoms with E-state index < -0.39 is 17.7 Å². The molecule has 2 aromatic rings. The van der Waals surface area contributed by atoms with Crippen LogP contribution in [0.15, 0.2) is 34.5 Å². The molecule has 0 saturated carbocycles.